The first kappa shape index (κ1) is 14.9. The van der Waals surface area contributed by atoms with Crippen molar-refractivity contribution >= 4 is 5.97 Å². The Morgan fingerprint density at radius 1 is 1.10 bits per heavy atom. The summed E-state index contributed by atoms with van der Waals surface area (Å²) in [5, 5.41) is 8.91. The number of ether oxygens (including phenoxy) is 1. The van der Waals surface area contributed by atoms with Crippen LogP contribution in [0.5, 0.6) is 11.5 Å². The van der Waals surface area contributed by atoms with Crippen molar-refractivity contribution in [3.63, 3.8) is 0 Å². The molecule has 0 radical (unpaired) electrons. The molecule has 0 aromatic heterocycles. The molecule has 110 valence electrons. The van der Waals surface area contributed by atoms with E-state index in [2.05, 4.69) is 0 Å². The van der Waals surface area contributed by atoms with Crippen molar-refractivity contribution in [1.82, 2.24) is 0 Å². The number of alkyl halides is 3. The molecule has 0 aliphatic carbocycles. The van der Waals surface area contributed by atoms with Gasteiger partial charge in [-0.1, -0.05) is 12.1 Å². The number of carboxylic acid groups (broad SMARTS) is 1. The lowest BCUT2D eigenvalue weighted by molar-refractivity contribution is -0.138. The largest absolute Gasteiger partial charge is 0.478 e. The first-order valence-corrected chi connectivity index (χ1v) is 5.96. The molecule has 2 aromatic carbocycles. The Morgan fingerprint density at radius 2 is 1.76 bits per heavy atom. The molecule has 0 saturated heterocycles. The second-order valence-corrected chi connectivity index (χ2v) is 4.43. The molecule has 0 spiro atoms. The van der Waals surface area contributed by atoms with E-state index in [1.165, 1.54) is 0 Å². The van der Waals surface area contributed by atoms with Crippen molar-refractivity contribution in [1.29, 1.82) is 0 Å². The van der Waals surface area contributed by atoms with Crippen LogP contribution < -0.4 is 4.74 Å². The summed E-state index contributed by atoms with van der Waals surface area (Å²) in [6, 6.07) is 9.55. The van der Waals surface area contributed by atoms with E-state index in [9.17, 15) is 18.0 Å². The predicted octanol–water partition coefficient (Wildman–Crippen LogP) is 4.50. The quantitative estimate of drug-likeness (QED) is 0.906. The monoisotopic (exact) mass is 296 g/mol. The molecule has 0 fully saturated rings. The van der Waals surface area contributed by atoms with Crippen LogP contribution in [-0.4, -0.2) is 11.1 Å². The minimum absolute atomic E-state index is 0.0333. The van der Waals surface area contributed by atoms with Crippen molar-refractivity contribution in [2.24, 2.45) is 0 Å². The zero-order valence-electron chi connectivity index (χ0n) is 10.9. The normalized spacial score (nSPS) is 11.2. The van der Waals surface area contributed by atoms with Crippen LogP contribution in [0.15, 0.2) is 42.5 Å². The fourth-order valence-corrected chi connectivity index (χ4v) is 1.83. The van der Waals surface area contributed by atoms with Gasteiger partial charge in [0.1, 0.15) is 11.5 Å². The molecule has 0 aliphatic heterocycles. The van der Waals surface area contributed by atoms with Gasteiger partial charge in [0.25, 0.3) is 0 Å². The average Bonchev–Trinajstić information content (AvgIpc) is 2.37. The molecule has 1 N–H and O–H groups in total. The minimum Gasteiger partial charge on any atom is -0.478 e. The third kappa shape index (κ3) is 3.53. The molecule has 0 bridgehead atoms. The number of aryl methyl sites for hydroxylation is 1. The number of halogens is 3. The number of carboxylic acids is 1. The standard InChI is InChI=1S/C15H11F3O3/c1-9-3-2-4-10(7-9)21-11-5-6-13(15(16,17)18)12(8-11)14(19)20/h2-8H,1H3,(H,19,20). The molecule has 0 unspecified atom stereocenters. The molecule has 0 heterocycles. The molecule has 0 saturated carbocycles. The SMILES string of the molecule is Cc1cccc(Oc2ccc(C(F)(F)F)c(C(=O)O)c2)c1. The topological polar surface area (TPSA) is 46.5 Å². The summed E-state index contributed by atoms with van der Waals surface area (Å²) in [7, 11) is 0. The lowest BCUT2D eigenvalue weighted by atomic mass is 10.1. The smallest absolute Gasteiger partial charge is 0.417 e. The van der Waals surface area contributed by atoms with Gasteiger partial charge < -0.3 is 9.84 Å². The third-order valence-electron chi connectivity index (χ3n) is 2.75. The summed E-state index contributed by atoms with van der Waals surface area (Å²) in [5.41, 5.74) is -1.13. The van der Waals surface area contributed by atoms with Crippen LogP contribution in [0, 0.1) is 6.92 Å². The predicted molar refractivity (Wildman–Crippen MR) is 69.7 cm³/mol. The van der Waals surface area contributed by atoms with Gasteiger partial charge >= 0.3 is 12.1 Å². The van der Waals surface area contributed by atoms with E-state index < -0.39 is 23.3 Å². The lowest BCUT2D eigenvalue weighted by Crippen LogP contribution is -2.12. The number of aromatic carboxylic acids is 1. The Kier molecular flexibility index (Phi) is 3.88. The van der Waals surface area contributed by atoms with Gasteiger partial charge in [-0.3, -0.25) is 0 Å². The maximum atomic E-state index is 12.7. The van der Waals surface area contributed by atoms with Gasteiger partial charge in [0.05, 0.1) is 11.1 Å². The van der Waals surface area contributed by atoms with Crippen LogP contribution >= 0.6 is 0 Å². The Morgan fingerprint density at radius 3 is 2.33 bits per heavy atom. The van der Waals surface area contributed by atoms with E-state index in [0.29, 0.717) is 11.8 Å². The molecule has 2 aromatic rings. The molecule has 0 atom stereocenters. The molecule has 6 heteroatoms. The summed E-state index contributed by atoms with van der Waals surface area (Å²) >= 11 is 0. The Labute approximate surface area is 118 Å². The molecule has 0 amide bonds. The van der Waals surface area contributed by atoms with Crippen molar-refractivity contribution in [2.75, 3.05) is 0 Å². The van der Waals surface area contributed by atoms with Crippen LogP contribution in [0.1, 0.15) is 21.5 Å². The van der Waals surface area contributed by atoms with Crippen molar-refractivity contribution in [2.45, 2.75) is 13.1 Å². The van der Waals surface area contributed by atoms with E-state index >= 15 is 0 Å². The molecule has 3 nitrogen and oxygen atoms in total. The summed E-state index contributed by atoms with van der Waals surface area (Å²) in [6.07, 6.45) is -4.73. The van der Waals surface area contributed by atoms with Crippen LogP contribution in [0.4, 0.5) is 13.2 Å². The highest BCUT2D eigenvalue weighted by Gasteiger charge is 2.35. The number of hydrogen-bond donors (Lipinski definition) is 1. The lowest BCUT2D eigenvalue weighted by Gasteiger charge is -2.12. The first-order chi connectivity index (χ1) is 9.77. The van der Waals surface area contributed by atoms with Crippen LogP contribution in [0.25, 0.3) is 0 Å². The number of carbonyl (C=O) groups is 1. The van der Waals surface area contributed by atoms with Crippen LogP contribution in [0.2, 0.25) is 0 Å². The Bertz CT molecular complexity index is 678. The third-order valence-corrected chi connectivity index (χ3v) is 2.75. The maximum absolute atomic E-state index is 12.7. The van der Waals surface area contributed by atoms with Gasteiger partial charge in [-0.15, -0.1) is 0 Å². The Hall–Kier alpha value is -2.50. The zero-order valence-corrected chi connectivity index (χ0v) is 10.9. The molecule has 21 heavy (non-hydrogen) atoms. The van der Waals surface area contributed by atoms with E-state index in [4.69, 9.17) is 9.84 Å². The van der Waals surface area contributed by atoms with Gasteiger partial charge in [-0.05, 0) is 42.8 Å². The summed E-state index contributed by atoms with van der Waals surface area (Å²) in [5.74, 6) is -1.20. The maximum Gasteiger partial charge on any atom is 0.417 e. The van der Waals surface area contributed by atoms with E-state index in [1.807, 2.05) is 13.0 Å². The van der Waals surface area contributed by atoms with Gasteiger partial charge in [0.2, 0.25) is 0 Å². The van der Waals surface area contributed by atoms with E-state index in [1.54, 1.807) is 18.2 Å². The Balaban J connectivity index is 2.39. The van der Waals surface area contributed by atoms with Crippen LogP contribution in [0.3, 0.4) is 0 Å². The number of hydrogen-bond acceptors (Lipinski definition) is 2. The van der Waals surface area contributed by atoms with E-state index in [-0.39, 0.29) is 5.75 Å². The highest BCUT2D eigenvalue weighted by molar-refractivity contribution is 5.90. The zero-order chi connectivity index (χ0) is 15.6. The highest BCUT2D eigenvalue weighted by atomic mass is 19.4. The minimum atomic E-state index is -4.73. The number of benzene rings is 2. The summed E-state index contributed by atoms with van der Waals surface area (Å²) < 4.78 is 43.5. The van der Waals surface area contributed by atoms with Gasteiger partial charge in [0.15, 0.2) is 0 Å². The first-order valence-electron chi connectivity index (χ1n) is 5.96. The van der Waals surface area contributed by atoms with Crippen molar-refractivity contribution in [3.8, 4) is 11.5 Å². The second-order valence-electron chi connectivity index (χ2n) is 4.43. The summed E-state index contributed by atoms with van der Waals surface area (Å²) in [4.78, 5) is 11.0. The summed E-state index contributed by atoms with van der Waals surface area (Å²) in [6.45, 7) is 1.84. The highest BCUT2D eigenvalue weighted by Crippen LogP contribution is 2.34. The van der Waals surface area contributed by atoms with Crippen molar-refractivity contribution in [3.05, 3.63) is 59.2 Å². The molecular formula is C15H11F3O3. The fourth-order valence-electron chi connectivity index (χ4n) is 1.83. The molecule has 2 rings (SSSR count). The number of rotatable bonds is 3. The van der Waals surface area contributed by atoms with Crippen molar-refractivity contribution < 1.29 is 27.8 Å². The second kappa shape index (κ2) is 5.47. The van der Waals surface area contributed by atoms with Gasteiger partial charge in [-0.2, -0.15) is 13.2 Å². The van der Waals surface area contributed by atoms with Gasteiger partial charge in [0, 0.05) is 0 Å². The average molecular weight is 296 g/mol. The fraction of sp³-hybridized carbons (Fsp3) is 0.133. The molecular weight excluding hydrogens is 285 g/mol. The van der Waals surface area contributed by atoms with Gasteiger partial charge in [-0.25, -0.2) is 4.79 Å². The van der Waals surface area contributed by atoms with Crippen LogP contribution in [-0.2, 0) is 6.18 Å². The molecule has 0 aliphatic rings. The van der Waals surface area contributed by atoms with E-state index in [0.717, 1.165) is 17.7 Å².